The summed E-state index contributed by atoms with van der Waals surface area (Å²) in [7, 11) is 0. The lowest BCUT2D eigenvalue weighted by Crippen LogP contribution is -2.46. The van der Waals surface area contributed by atoms with E-state index in [0.717, 1.165) is 37.3 Å². The van der Waals surface area contributed by atoms with Gasteiger partial charge in [0.05, 0.1) is 6.42 Å². The van der Waals surface area contributed by atoms with Gasteiger partial charge in [-0.3, -0.25) is 4.79 Å². The molecule has 1 saturated heterocycles. The van der Waals surface area contributed by atoms with Gasteiger partial charge in [-0.2, -0.15) is 0 Å². The second-order valence-electron chi connectivity index (χ2n) is 5.63. The number of amides is 1. The van der Waals surface area contributed by atoms with Crippen molar-refractivity contribution in [3.63, 3.8) is 0 Å². The molecule has 0 saturated carbocycles. The molecule has 1 aliphatic rings. The number of nitrogens with one attached hydrogen (secondary N) is 2. The minimum atomic E-state index is 0.228. The molecule has 0 aliphatic carbocycles. The highest BCUT2D eigenvalue weighted by Crippen LogP contribution is 2.24. The normalized spacial score (nSPS) is 15.8. The van der Waals surface area contributed by atoms with Crippen LogP contribution in [-0.2, 0) is 11.2 Å². The first-order valence-electron chi connectivity index (χ1n) is 7.21. The zero-order valence-electron chi connectivity index (χ0n) is 12.1. The number of fused-ring (bicyclic) bond motifs is 1. The third-order valence-corrected chi connectivity index (χ3v) is 4.03. The molecule has 1 amide bonds. The monoisotopic (exact) mass is 271 g/mol. The average Bonchev–Trinajstić information content (AvgIpc) is 2.83. The summed E-state index contributed by atoms with van der Waals surface area (Å²) in [6.45, 7) is 7.64. The molecule has 0 unspecified atom stereocenters. The van der Waals surface area contributed by atoms with E-state index in [9.17, 15) is 4.79 Å². The maximum absolute atomic E-state index is 12.4. The number of benzene rings is 1. The number of aromatic amines is 1. The Morgan fingerprint density at radius 1 is 1.25 bits per heavy atom. The van der Waals surface area contributed by atoms with Crippen molar-refractivity contribution in [2.24, 2.45) is 0 Å². The number of carbonyl (C=O) groups excluding carboxylic acids is 1. The van der Waals surface area contributed by atoms with E-state index in [1.807, 2.05) is 11.1 Å². The molecule has 0 radical (unpaired) electrons. The molecule has 0 atom stereocenters. The van der Waals surface area contributed by atoms with Crippen LogP contribution >= 0.6 is 0 Å². The van der Waals surface area contributed by atoms with Crippen molar-refractivity contribution in [1.29, 1.82) is 0 Å². The number of rotatable bonds is 2. The first-order chi connectivity index (χ1) is 9.65. The summed E-state index contributed by atoms with van der Waals surface area (Å²) in [5.41, 5.74) is 4.74. The Morgan fingerprint density at radius 2 is 2.00 bits per heavy atom. The molecule has 2 N–H and O–H groups in total. The number of carbonyl (C=O) groups is 1. The van der Waals surface area contributed by atoms with Crippen molar-refractivity contribution in [3.8, 4) is 0 Å². The van der Waals surface area contributed by atoms with E-state index in [1.165, 1.54) is 16.5 Å². The number of hydrogen-bond donors (Lipinski definition) is 2. The summed E-state index contributed by atoms with van der Waals surface area (Å²) in [6, 6.07) is 4.33. The van der Waals surface area contributed by atoms with Crippen LogP contribution in [0.1, 0.15) is 16.7 Å². The second-order valence-corrected chi connectivity index (χ2v) is 5.63. The maximum atomic E-state index is 12.4. The predicted octanol–water partition coefficient (Wildman–Crippen LogP) is 1.76. The van der Waals surface area contributed by atoms with E-state index in [-0.39, 0.29) is 5.91 Å². The van der Waals surface area contributed by atoms with Gasteiger partial charge in [-0.25, -0.2) is 0 Å². The summed E-state index contributed by atoms with van der Waals surface area (Å²) in [5.74, 6) is 0.228. The number of nitrogens with zero attached hydrogens (tertiary/aromatic N) is 1. The fraction of sp³-hybridized carbons (Fsp3) is 0.438. The minimum Gasteiger partial charge on any atom is -0.361 e. The number of hydrogen-bond acceptors (Lipinski definition) is 2. The quantitative estimate of drug-likeness (QED) is 0.874. The number of piperazine rings is 1. The molecule has 1 aliphatic heterocycles. The van der Waals surface area contributed by atoms with Gasteiger partial charge in [0.2, 0.25) is 5.91 Å². The highest BCUT2D eigenvalue weighted by Gasteiger charge is 2.18. The van der Waals surface area contributed by atoms with E-state index < -0.39 is 0 Å². The standard InChI is InChI=1S/C16H21N3O/c1-11-7-12(2)16-14(8-11)13(10-18-16)9-15(20)19-5-3-17-4-6-19/h7-8,10,17-18H,3-6,9H2,1-2H3. The summed E-state index contributed by atoms with van der Waals surface area (Å²) in [4.78, 5) is 17.6. The van der Waals surface area contributed by atoms with Gasteiger partial charge in [0.1, 0.15) is 0 Å². The Hall–Kier alpha value is -1.81. The fourth-order valence-corrected chi connectivity index (χ4v) is 2.98. The minimum absolute atomic E-state index is 0.228. The van der Waals surface area contributed by atoms with Crippen molar-refractivity contribution >= 4 is 16.8 Å². The molecule has 4 nitrogen and oxygen atoms in total. The van der Waals surface area contributed by atoms with Gasteiger partial charge in [-0.15, -0.1) is 0 Å². The molecule has 4 heteroatoms. The van der Waals surface area contributed by atoms with Crippen LogP contribution in [-0.4, -0.2) is 42.0 Å². The Balaban J connectivity index is 1.85. The van der Waals surface area contributed by atoms with Crippen LogP contribution < -0.4 is 5.32 Å². The van der Waals surface area contributed by atoms with Gasteiger partial charge in [-0.1, -0.05) is 11.6 Å². The van der Waals surface area contributed by atoms with Crippen LogP contribution in [0, 0.1) is 13.8 Å². The molecule has 2 aromatic rings. The SMILES string of the molecule is Cc1cc(C)c2[nH]cc(CC(=O)N3CCNCC3)c2c1. The fourth-order valence-electron chi connectivity index (χ4n) is 2.98. The van der Waals surface area contributed by atoms with E-state index in [1.54, 1.807) is 0 Å². The Bertz CT molecular complexity index is 638. The van der Waals surface area contributed by atoms with Gasteiger partial charge < -0.3 is 15.2 Å². The third kappa shape index (κ3) is 2.43. The summed E-state index contributed by atoms with van der Waals surface area (Å²) in [6.07, 6.45) is 2.47. The zero-order chi connectivity index (χ0) is 14.1. The van der Waals surface area contributed by atoms with E-state index >= 15 is 0 Å². The van der Waals surface area contributed by atoms with Crippen molar-refractivity contribution in [2.45, 2.75) is 20.3 Å². The highest BCUT2D eigenvalue weighted by molar-refractivity contribution is 5.91. The molecule has 20 heavy (non-hydrogen) atoms. The molecule has 3 rings (SSSR count). The molecule has 1 aromatic heterocycles. The summed E-state index contributed by atoms with van der Waals surface area (Å²) < 4.78 is 0. The molecule has 106 valence electrons. The Morgan fingerprint density at radius 3 is 2.75 bits per heavy atom. The predicted molar refractivity (Wildman–Crippen MR) is 80.9 cm³/mol. The van der Waals surface area contributed by atoms with Crippen molar-refractivity contribution in [2.75, 3.05) is 26.2 Å². The molecular formula is C16H21N3O. The van der Waals surface area contributed by atoms with Crippen LogP contribution in [0.15, 0.2) is 18.3 Å². The molecule has 0 spiro atoms. The number of H-pyrrole nitrogens is 1. The zero-order valence-corrected chi connectivity index (χ0v) is 12.1. The van der Waals surface area contributed by atoms with Crippen LogP contribution in [0.25, 0.3) is 10.9 Å². The van der Waals surface area contributed by atoms with Crippen molar-refractivity contribution in [3.05, 3.63) is 35.0 Å². The van der Waals surface area contributed by atoms with Crippen LogP contribution in [0.5, 0.6) is 0 Å². The highest BCUT2D eigenvalue weighted by atomic mass is 16.2. The summed E-state index contributed by atoms with van der Waals surface area (Å²) in [5, 5.41) is 4.46. The molecule has 2 heterocycles. The van der Waals surface area contributed by atoms with Gasteiger partial charge in [-0.05, 0) is 31.0 Å². The van der Waals surface area contributed by atoms with Gasteiger partial charge in [0, 0.05) is 43.3 Å². The van der Waals surface area contributed by atoms with Crippen molar-refractivity contribution in [1.82, 2.24) is 15.2 Å². The topological polar surface area (TPSA) is 48.1 Å². The lowest BCUT2D eigenvalue weighted by molar-refractivity contribution is -0.131. The molecule has 1 aromatic carbocycles. The average molecular weight is 271 g/mol. The lowest BCUT2D eigenvalue weighted by Gasteiger charge is -2.27. The second kappa shape index (κ2) is 5.29. The molecular weight excluding hydrogens is 250 g/mol. The Kier molecular flexibility index (Phi) is 3.49. The maximum Gasteiger partial charge on any atom is 0.227 e. The largest absolute Gasteiger partial charge is 0.361 e. The Labute approximate surface area is 119 Å². The van der Waals surface area contributed by atoms with E-state index in [4.69, 9.17) is 0 Å². The summed E-state index contributed by atoms with van der Waals surface area (Å²) >= 11 is 0. The van der Waals surface area contributed by atoms with E-state index in [2.05, 4.69) is 36.3 Å². The number of aromatic nitrogens is 1. The molecule has 0 bridgehead atoms. The van der Waals surface area contributed by atoms with Crippen LogP contribution in [0.2, 0.25) is 0 Å². The van der Waals surface area contributed by atoms with Gasteiger partial charge >= 0.3 is 0 Å². The lowest BCUT2D eigenvalue weighted by atomic mass is 10.0. The smallest absolute Gasteiger partial charge is 0.227 e. The van der Waals surface area contributed by atoms with Crippen LogP contribution in [0.4, 0.5) is 0 Å². The first kappa shape index (κ1) is 13.2. The van der Waals surface area contributed by atoms with Gasteiger partial charge in [0.15, 0.2) is 0 Å². The number of aryl methyl sites for hydroxylation is 2. The van der Waals surface area contributed by atoms with E-state index in [0.29, 0.717) is 6.42 Å². The van der Waals surface area contributed by atoms with Gasteiger partial charge in [0.25, 0.3) is 0 Å². The molecule has 1 fully saturated rings. The third-order valence-electron chi connectivity index (χ3n) is 4.03. The van der Waals surface area contributed by atoms with Crippen LogP contribution in [0.3, 0.4) is 0 Å². The first-order valence-corrected chi connectivity index (χ1v) is 7.21. The van der Waals surface area contributed by atoms with Crippen molar-refractivity contribution < 1.29 is 4.79 Å².